The van der Waals surface area contributed by atoms with Crippen LogP contribution in [-0.2, 0) is 14.9 Å². The van der Waals surface area contributed by atoms with E-state index in [0.29, 0.717) is 6.54 Å². The van der Waals surface area contributed by atoms with Gasteiger partial charge in [0.15, 0.2) is 0 Å². The zero-order valence-electron chi connectivity index (χ0n) is 14.8. The molecule has 4 atom stereocenters. The molecule has 1 saturated heterocycles. The van der Waals surface area contributed by atoms with Crippen LogP contribution in [0.2, 0.25) is 5.02 Å². The van der Waals surface area contributed by atoms with Gasteiger partial charge in [-0.05, 0) is 41.7 Å². The van der Waals surface area contributed by atoms with E-state index in [1.807, 2.05) is 12.1 Å². The van der Waals surface area contributed by atoms with Crippen LogP contribution in [0, 0.1) is 11.3 Å². The molecule has 134 valence electrons. The SMILES string of the molecule is COC(=O)C12CNCC1C1(c3cccc(Cl)c3)CCC2c2ccccc21. The summed E-state index contributed by atoms with van der Waals surface area (Å²) in [4.78, 5) is 13.1. The van der Waals surface area contributed by atoms with E-state index in [9.17, 15) is 4.79 Å². The summed E-state index contributed by atoms with van der Waals surface area (Å²) in [6.45, 7) is 1.51. The number of halogens is 1. The quantitative estimate of drug-likeness (QED) is 0.818. The van der Waals surface area contributed by atoms with Crippen molar-refractivity contribution in [1.29, 1.82) is 0 Å². The lowest BCUT2D eigenvalue weighted by Gasteiger charge is -2.59. The molecule has 2 bridgehead atoms. The summed E-state index contributed by atoms with van der Waals surface area (Å²) in [6, 6.07) is 16.9. The first-order valence-electron chi connectivity index (χ1n) is 9.29. The van der Waals surface area contributed by atoms with Gasteiger partial charge in [-0.1, -0.05) is 48.0 Å². The van der Waals surface area contributed by atoms with Gasteiger partial charge < -0.3 is 10.1 Å². The minimum atomic E-state index is -0.496. The van der Waals surface area contributed by atoms with Crippen LogP contribution < -0.4 is 5.32 Å². The Morgan fingerprint density at radius 3 is 2.88 bits per heavy atom. The minimum Gasteiger partial charge on any atom is -0.469 e. The molecular weight excluding hydrogens is 346 g/mol. The summed E-state index contributed by atoms with van der Waals surface area (Å²) in [7, 11) is 1.52. The van der Waals surface area contributed by atoms with E-state index in [1.165, 1.54) is 23.8 Å². The number of benzene rings is 2. The van der Waals surface area contributed by atoms with Crippen LogP contribution in [-0.4, -0.2) is 26.2 Å². The van der Waals surface area contributed by atoms with Crippen molar-refractivity contribution in [2.75, 3.05) is 20.2 Å². The molecule has 3 aliphatic carbocycles. The lowest BCUT2D eigenvalue weighted by Crippen LogP contribution is -2.60. The topological polar surface area (TPSA) is 38.3 Å². The van der Waals surface area contributed by atoms with E-state index in [1.54, 1.807) is 0 Å². The van der Waals surface area contributed by atoms with Crippen molar-refractivity contribution in [2.24, 2.45) is 11.3 Å². The molecule has 2 aromatic rings. The number of nitrogens with one attached hydrogen (secondary N) is 1. The summed E-state index contributed by atoms with van der Waals surface area (Å²) < 4.78 is 5.36. The van der Waals surface area contributed by atoms with Crippen LogP contribution in [0.4, 0.5) is 0 Å². The molecule has 1 saturated carbocycles. The van der Waals surface area contributed by atoms with Gasteiger partial charge in [0.05, 0.1) is 12.5 Å². The summed E-state index contributed by atoms with van der Waals surface area (Å²) in [5, 5.41) is 4.28. The Labute approximate surface area is 158 Å². The average molecular weight is 368 g/mol. The fraction of sp³-hybridized carbons (Fsp3) is 0.409. The highest BCUT2D eigenvalue weighted by Crippen LogP contribution is 2.68. The predicted molar refractivity (Wildman–Crippen MR) is 101 cm³/mol. The lowest BCUT2D eigenvalue weighted by atomic mass is 9.42. The van der Waals surface area contributed by atoms with Gasteiger partial charge >= 0.3 is 5.97 Å². The average Bonchev–Trinajstić information content (AvgIpc) is 3.15. The molecule has 0 radical (unpaired) electrons. The van der Waals surface area contributed by atoms with Crippen molar-refractivity contribution in [3.05, 3.63) is 70.2 Å². The molecule has 2 fully saturated rings. The molecule has 4 unspecified atom stereocenters. The van der Waals surface area contributed by atoms with Crippen molar-refractivity contribution in [3.63, 3.8) is 0 Å². The lowest BCUT2D eigenvalue weighted by molar-refractivity contribution is -0.161. The van der Waals surface area contributed by atoms with Crippen molar-refractivity contribution < 1.29 is 9.53 Å². The smallest absolute Gasteiger partial charge is 0.314 e. The van der Waals surface area contributed by atoms with E-state index < -0.39 is 5.41 Å². The Morgan fingerprint density at radius 2 is 2.08 bits per heavy atom. The number of methoxy groups -OCH3 is 1. The molecular formula is C22H22ClNO2. The van der Waals surface area contributed by atoms with Gasteiger partial charge in [0.25, 0.3) is 0 Å². The van der Waals surface area contributed by atoms with Crippen LogP contribution in [0.25, 0.3) is 0 Å². The summed E-state index contributed by atoms with van der Waals surface area (Å²) in [5.74, 6) is 0.319. The van der Waals surface area contributed by atoms with Crippen LogP contribution in [0.3, 0.4) is 0 Å². The normalized spacial score (nSPS) is 34.2. The fourth-order valence-electron chi connectivity index (χ4n) is 6.29. The molecule has 26 heavy (non-hydrogen) atoms. The maximum absolute atomic E-state index is 13.1. The molecule has 1 heterocycles. The zero-order valence-corrected chi connectivity index (χ0v) is 15.6. The van der Waals surface area contributed by atoms with Crippen LogP contribution in [0.1, 0.15) is 35.4 Å². The summed E-state index contributed by atoms with van der Waals surface area (Å²) in [6.07, 6.45) is 2.04. The Hall–Kier alpha value is -1.84. The maximum Gasteiger partial charge on any atom is 0.314 e. The van der Waals surface area contributed by atoms with Crippen LogP contribution >= 0.6 is 11.6 Å². The number of rotatable bonds is 2. The van der Waals surface area contributed by atoms with E-state index in [0.717, 1.165) is 24.4 Å². The monoisotopic (exact) mass is 367 g/mol. The van der Waals surface area contributed by atoms with E-state index in [4.69, 9.17) is 16.3 Å². The number of carbonyl (C=O) groups is 1. The largest absolute Gasteiger partial charge is 0.469 e. The Bertz CT molecular complexity index is 897. The van der Waals surface area contributed by atoms with Gasteiger partial charge in [-0.25, -0.2) is 0 Å². The second-order valence-corrected chi connectivity index (χ2v) is 8.31. The molecule has 0 aromatic heterocycles. The third-order valence-electron chi connectivity index (χ3n) is 7.15. The standard InChI is InChI=1S/C22H22ClNO2/c1-26-20(25)22-13-24-12-19(22)21(14-5-4-6-15(23)11-14)10-9-18(22)16-7-2-3-8-17(16)21/h2-8,11,18-19,24H,9-10,12-13H2,1H3. The minimum absolute atomic E-state index is 0.0712. The summed E-state index contributed by atoms with van der Waals surface area (Å²) in [5.41, 5.74) is 3.20. The van der Waals surface area contributed by atoms with Gasteiger partial charge in [0, 0.05) is 35.4 Å². The zero-order chi connectivity index (χ0) is 17.9. The molecule has 4 aliphatic rings. The molecule has 6 rings (SSSR count). The third kappa shape index (κ3) is 1.80. The second-order valence-electron chi connectivity index (χ2n) is 7.88. The van der Waals surface area contributed by atoms with Crippen molar-refractivity contribution in [3.8, 4) is 0 Å². The first kappa shape index (κ1) is 16.3. The maximum atomic E-state index is 13.1. The Morgan fingerprint density at radius 1 is 1.23 bits per heavy atom. The van der Waals surface area contributed by atoms with Gasteiger partial charge in [-0.3, -0.25) is 4.79 Å². The van der Waals surface area contributed by atoms with E-state index >= 15 is 0 Å². The Balaban J connectivity index is 1.84. The molecule has 0 amide bonds. The van der Waals surface area contributed by atoms with E-state index in [2.05, 4.69) is 41.7 Å². The highest BCUT2D eigenvalue weighted by atomic mass is 35.5. The third-order valence-corrected chi connectivity index (χ3v) is 7.39. The highest BCUT2D eigenvalue weighted by molar-refractivity contribution is 6.30. The highest BCUT2D eigenvalue weighted by Gasteiger charge is 2.69. The predicted octanol–water partition coefficient (Wildman–Crippen LogP) is 3.90. The second kappa shape index (κ2) is 5.58. The number of esters is 1. The number of hydrogen-bond donors (Lipinski definition) is 1. The number of fused-ring (bicyclic) bond motifs is 1. The molecule has 3 nitrogen and oxygen atoms in total. The summed E-state index contributed by atoms with van der Waals surface area (Å²) >= 11 is 6.38. The van der Waals surface area contributed by atoms with Crippen molar-refractivity contribution >= 4 is 17.6 Å². The van der Waals surface area contributed by atoms with Gasteiger partial charge in [-0.2, -0.15) is 0 Å². The first-order chi connectivity index (χ1) is 12.6. The number of carbonyl (C=O) groups excluding carboxylic acids is 1. The van der Waals surface area contributed by atoms with Crippen molar-refractivity contribution in [2.45, 2.75) is 24.2 Å². The van der Waals surface area contributed by atoms with Gasteiger partial charge in [-0.15, -0.1) is 0 Å². The first-order valence-corrected chi connectivity index (χ1v) is 9.67. The van der Waals surface area contributed by atoms with Crippen LogP contribution in [0.15, 0.2) is 48.5 Å². The molecule has 1 N–H and O–H groups in total. The van der Waals surface area contributed by atoms with Gasteiger partial charge in [0.1, 0.15) is 0 Å². The molecule has 0 spiro atoms. The molecule has 2 aromatic carbocycles. The van der Waals surface area contributed by atoms with Crippen LogP contribution in [0.5, 0.6) is 0 Å². The van der Waals surface area contributed by atoms with Gasteiger partial charge in [0.2, 0.25) is 0 Å². The molecule has 4 heteroatoms. The van der Waals surface area contributed by atoms with E-state index in [-0.39, 0.29) is 23.2 Å². The number of ether oxygens (including phenoxy) is 1. The fourth-order valence-corrected chi connectivity index (χ4v) is 6.48. The Kier molecular flexibility index (Phi) is 3.51. The number of hydrogen-bond acceptors (Lipinski definition) is 3. The van der Waals surface area contributed by atoms with Crippen molar-refractivity contribution in [1.82, 2.24) is 5.32 Å². The molecule has 1 aliphatic heterocycles.